The first-order valence-corrected chi connectivity index (χ1v) is 6.72. The highest BCUT2D eigenvalue weighted by atomic mass is 35.5. The third-order valence-corrected chi connectivity index (χ3v) is 3.23. The van der Waals surface area contributed by atoms with Crippen LogP contribution in [0.15, 0.2) is 30.3 Å². The molecule has 0 bridgehead atoms. The topological polar surface area (TPSA) is 12.9 Å². The number of halogens is 1. The monoisotopic (exact) mass is 247 g/mol. The van der Waals surface area contributed by atoms with Gasteiger partial charge >= 0.3 is 0 Å². The molecule has 0 radical (unpaired) electrons. The number of pyridine rings is 1. The highest BCUT2D eigenvalue weighted by molar-refractivity contribution is 6.31. The van der Waals surface area contributed by atoms with Gasteiger partial charge in [0.05, 0.1) is 5.52 Å². The molecule has 0 saturated carbocycles. The van der Waals surface area contributed by atoms with Crippen molar-refractivity contribution < 1.29 is 0 Å². The summed E-state index contributed by atoms with van der Waals surface area (Å²) in [6.45, 7) is 2.23. The molecule has 0 fully saturated rings. The van der Waals surface area contributed by atoms with E-state index in [4.69, 9.17) is 11.6 Å². The summed E-state index contributed by atoms with van der Waals surface area (Å²) in [5.74, 6) is 0. The van der Waals surface area contributed by atoms with E-state index < -0.39 is 0 Å². The quantitative estimate of drug-likeness (QED) is 0.677. The van der Waals surface area contributed by atoms with Gasteiger partial charge in [0, 0.05) is 16.1 Å². The minimum atomic E-state index is 0.758. The molecule has 17 heavy (non-hydrogen) atoms. The zero-order valence-corrected chi connectivity index (χ0v) is 11.0. The van der Waals surface area contributed by atoms with Gasteiger partial charge in [-0.2, -0.15) is 0 Å². The fraction of sp³-hybridized carbons (Fsp3) is 0.400. The van der Waals surface area contributed by atoms with E-state index in [1.807, 2.05) is 18.2 Å². The molecular weight excluding hydrogens is 230 g/mol. The van der Waals surface area contributed by atoms with Crippen LogP contribution in [0.25, 0.3) is 10.9 Å². The van der Waals surface area contributed by atoms with Gasteiger partial charge in [0.15, 0.2) is 0 Å². The van der Waals surface area contributed by atoms with E-state index in [2.05, 4.69) is 24.0 Å². The van der Waals surface area contributed by atoms with Gasteiger partial charge in [0.25, 0.3) is 0 Å². The van der Waals surface area contributed by atoms with Crippen molar-refractivity contribution in [2.24, 2.45) is 0 Å². The van der Waals surface area contributed by atoms with Crippen LogP contribution in [0, 0.1) is 0 Å². The summed E-state index contributed by atoms with van der Waals surface area (Å²) in [6.07, 6.45) is 6.20. The van der Waals surface area contributed by atoms with Gasteiger partial charge in [0.1, 0.15) is 0 Å². The fourth-order valence-corrected chi connectivity index (χ4v) is 2.17. The molecule has 1 heterocycles. The van der Waals surface area contributed by atoms with Crippen LogP contribution in [-0.2, 0) is 6.42 Å². The smallest absolute Gasteiger partial charge is 0.0720 e. The Morgan fingerprint density at radius 1 is 1.06 bits per heavy atom. The van der Waals surface area contributed by atoms with Crippen molar-refractivity contribution in [2.75, 3.05) is 0 Å². The van der Waals surface area contributed by atoms with Crippen LogP contribution >= 0.6 is 11.6 Å². The molecule has 1 aromatic carbocycles. The number of rotatable bonds is 5. The van der Waals surface area contributed by atoms with Gasteiger partial charge in [-0.3, -0.25) is 4.98 Å². The zero-order valence-electron chi connectivity index (χ0n) is 10.2. The van der Waals surface area contributed by atoms with Gasteiger partial charge in [0.2, 0.25) is 0 Å². The minimum absolute atomic E-state index is 0.758. The molecule has 2 aromatic rings. The Morgan fingerprint density at radius 3 is 2.71 bits per heavy atom. The van der Waals surface area contributed by atoms with E-state index in [-0.39, 0.29) is 0 Å². The Kier molecular flexibility index (Phi) is 4.38. The number of aromatic nitrogens is 1. The van der Waals surface area contributed by atoms with Gasteiger partial charge in [-0.05, 0) is 31.0 Å². The molecule has 0 aliphatic rings. The number of nitrogens with zero attached hydrogens (tertiary/aromatic N) is 1. The predicted molar refractivity (Wildman–Crippen MR) is 74.6 cm³/mol. The Morgan fingerprint density at radius 2 is 1.88 bits per heavy atom. The van der Waals surface area contributed by atoms with Crippen molar-refractivity contribution in [1.82, 2.24) is 4.98 Å². The van der Waals surface area contributed by atoms with Crippen molar-refractivity contribution in [1.29, 1.82) is 0 Å². The summed E-state index contributed by atoms with van der Waals surface area (Å²) in [5.41, 5.74) is 2.18. The van der Waals surface area contributed by atoms with Gasteiger partial charge in [-0.15, -0.1) is 0 Å². The molecule has 0 amide bonds. The summed E-state index contributed by atoms with van der Waals surface area (Å²) in [6, 6.07) is 10.1. The van der Waals surface area contributed by atoms with Crippen molar-refractivity contribution in [3.05, 3.63) is 41.0 Å². The van der Waals surface area contributed by atoms with Crippen molar-refractivity contribution in [3.8, 4) is 0 Å². The first-order valence-electron chi connectivity index (χ1n) is 6.35. The summed E-state index contributed by atoms with van der Waals surface area (Å²) in [5, 5.41) is 1.92. The fourth-order valence-electron chi connectivity index (χ4n) is 2.00. The van der Waals surface area contributed by atoms with E-state index in [1.54, 1.807) is 0 Å². The number of aryl methyl sites for hydroxylation is 1. The molecule has 1 aromatic heterocycles. The molecule has 0 spiro atoms. The number of unbranched alkanes of at least 4 members (excludes halogenated alkanes) is 3. The molecule has 0 atom stereocenters. The summed E-state index contributed by atoms with van der Waals surface area (Å²) < 4.78 is 0. The van der Waals surface area contributed by atoms with Crippen molar-refractivity contribution in [2.45, 2.75) is 39.0 Å². The number of fused-ring (bicyclic) bond motifs is 1. The van der Waals surface area contributed by atoms with E-state index in [0.717, 1.165) is 22.3 Å². The Balaban J connectivity index is 2.08. The number of hydrogen-bond acceptors (Lipinski definition) is 1. The van der Waals surface area contributed by atoms with Crippen LogP contribution in [0.3, 0.4) is 0 Å². The molecule has 2 heteroatoms. The van der Waals surface area contributed by atoms with Crippen LogP contribution in [0.4, 0.5) is 0 Å². The lowest BCUT2D eigenvalue weighted by molar-refractivity contribution is 0.661. The first kappa shape index (κ1) is 12.4. The molecule has 0 aliphatic heterocycles. The molecule has 90 valence electrons. The number of hydrogen-bond donors (Lipinski definition) is 0. The zero-order chi connectivity index (χ0) is 12.1. The van der Waals surface area contributed by atoms with Crippen LogP contribution < -0.4 is 0 Å². The Labute approximate surface area is 108 Å². The lowest BCUT2D eigenvalue weighted by Gasteiger charge is -2.03. The first-order chi connectivity index (χ1) is 8.29. The summed E-state index contributed by atoms with van der Waals surface area (Å²) in [7, 11) is 0. The molecule has 1 nitrogen and oxygen atoms in total. The summed E-state index contributed by atoms with van der Waals surface area (Å²) in [4.78, 5) is 4.65. The third kappa shape index (κ3) is 3.44. The number of benzene rings is 1. The SMILES string of the molecule is CCCCCCc1ccc2ccc(Cl)cc2n1. The maximum atomic E-state index is 5.98. The average Bonchev–Trinajstić information content (AvgIpc) is 2.34. The standard InChI is InChI=1S/C15H18ClN/c1-2-3-4-5-6-14-10-8-12-7-9-13(16)11-15(12)17-14/h7-11H,2-6H2,1H3. The Bertz CT molecular complexity index is 493. The summed E-state index contributed by atoms with van der Waals surface area (Å²) >= 11 is 5.98. The molecule has 0 unspecified atom stereocenters. The second-order valence-electron chi connectivity index (χ2n) is 4.45. The molecule has 2 rings (SSSR count). The van der Waals surface area contributed by atoms with Gasteiger partial charge < -0.3 is 0 Å². The van der Waals surface area contributed by atoms with E-state index in [0.29, 0.717) is 0 Å². The van der Waals surface area contributed by atoms with E-state index in [1.165, 1.54) is 31.4 Å². The molecule has 0 aliphatic carbocycles. The normalized spacial score (nSPS) is 10.9. The lowest BCUT2D eigenvalue weighted by Crippen LogP contribution is -1.91. The van der Waals surface area contributed by atoms with Crippen molar-refractivity contribution in [3.63, 3.8) is 0 Å². The minimum Gasteiger partial charge on any atom is -0.253 e. The highest BCUT2D eigenvalue weighted by Crippen LogP contribution is 2.18. The molecule has 0 saturated heterocycles. The highest BCUT2D eigenvalue weighted by Gasteiger charge is 1.99. The second-order valence-corrected chi connectivity index (χ2v) is 4.89. The maximum absolute atomic E-state index is 5.98. The van der Waals surface area contributed by atoms with Crippen molar-refractivity contribution >= 4 is 22.5 Å². The average molecular weight is 248 g/mol. The largest absolute Gasteiger partial charge is 0.253 e. The maximum Gasteiger partial charge on any atom is 0.0720 e. The van der Waals surface area contributed by atoms with Gasteiger partial charge in [-0.1, -0.05) is 49.9 Å². The Hall–Kier alpha value is -1.08. The predicted octanol–water partition coefficient (Wildman–Crippen LogP) is 5.01. The molecule has 0 N–H and O–H groups in total. The van der Waals surface area contributed by atoms with Crippen LogP contribution in [0.1, 0.15) is 38.3 Å². The van der Waals surface area contributed by atoms with E-state index >= 15 is 0 Å². The second kappa shape index (κ2) is 6.02. The third-order valence-electron chi connectivity index (χ3n) is 3.00. The van der Waals surface area contributed by atoms with Gasteiger partial charge in [-0.25, -0.2) is 0 Å². The van der Waals surface area contributed by atoms with Crippen LogP contribution in [0.5, 0.6) is 0 Å². The van der Waals surface area contributed by atoms with Crippen LogP contribution in [-0.4, -0.2) is 4.98 Å². The van der Waals surface area contributed by atoms with Crippen LogP contribution in [0.2, 0.25) is 5.02 Å². The molecular formula is C15H18ClN. The lowest BCUT2D eigenvalue weighted by atomic mass is 10.1. The van der Waals surface area contributed by atoms with E-state index in [9.17, 15) is 0 Å².